The Hall–Kier alpha value is -2.90. The lowest BCUT2D eigenvalue weighted by Crippen LogP contribution is -2.31. The molecule has 0 saturated carbocycles. The van der Waals surface area contributed by atoms with Gasteiger partial charge in [-0.25, -0.2) is 0 Å². The summed E-state index contributed by atoms with van der Waals surface area (Å²) in [5.74, 6) is -0.605. The van der Waals surface area contributed by atoms with E-state index >= 15 is 0 Å². The van der Waals surface area contributed by atoms with Crippen molar-refractivity contribution in [3.63, 3.8) is 0 Å². The highest BCUT2D eigenvalue weighted by Crippen LogP contribution is 2.29. The average molecular weight is 415 g/mol. The monoisotopic (exact) mass is 414 g/mol. The fraction of sp³-hybridized carbons (Fsp3) is 0.286. The predicted molar refractivity (Wildman–Crippen MR) is 112 cm³/mol. The third kappa shape index (κ3) is 5.34. The number of carbonyl (C=O) groups excluding carboxylic acids is 3. The molecule has 1 heterocycles. The Morgan fingerprint density at radius 3 is 2.69 bits per heavy atom. The van der Waals surface area contributed by atoms with Crippen LogP contribution in [0, 0.1) is 0 Å². The van der Waals surface area contributed by atoms with Gasteiger partial charge in [0.2, 0.25) is 5.91 Å². The van der Waals surface area contributed by atoms with E-state index in [1.54, 1.807) is 30.3 Å². The summed E-state index contributed by atoms with van der Waals surface area (Å²) in [7, 11) is 3.88. The highest BCUT2D eigenvalue weighted by atomic mass is 35.5. The Labute approximate surface area is 174 Å². The summed E-state index contributed by atoms with van der Waals surface area (Å²) in [6, 6.07) is 10.3. The molecule has 2 aromatic rings. The van der Waals surface area contributed by atoms with Crippen LogP contribution in [0.3, 0.4) is 0 Å². The number of halogens is 1. The molecule has 7 nitrogen and oxygen atoms in total. The molecule has 1 aliphatic heterocycles. The van der Waals surface area contributed by atoms with E-state index in [2.05, 4.69) is 16.0 Å². The van der Waals surface area contributed by atoms with Gasteiger partial charge in [-0.2, -0.15) is 0 Å². The first-order chi connectivity index (χ1) is 13.8. The number of hydrogen-bond acceptors (Lipinski definition) is 4. The minimum Gasteiger partial charge on any atom is -0.351 e. The molecule has 3 rings (SSSR count). The lowest BCUT2D eigenvalue weighted by molar-refractivity contribution is -0.115. The number of nitrogens with zero attached hydrogens (tertiary/aromatic N) is 1. The maximum absolute atomic E-state index is 12.6. The van der Waals surface area contributed by atoms with E-state index < -0.39 is 0 Å². The van der Waals surface area contributed by atoms with Gasteiger partial charge < -0.3 is 20.9 Å². The highest BCUT2D eigenvalue weighted by Gasteiger charge is 2.22. The van der Waals surface area contributed by atoms with Crippen molar-refractivity contribution >= 4 is 35.0 Å². The van der Waals surface area contributed by atoms with Gasteiger partial charge in [-0.1, -0.05) is 23.7 Å². The van der Waals surface area contributed by atoms with Crippen molar-refractivity contribution in [3.05, 3.63) is 63.7 Å². The van der Waals surface area contributed by atoms with Crippen LogP contribution in [0.15, 0.2) is 36.4 Å². The van der Waals surface area contributed by atoms with Crippen LogP contribution in [0.25, 0.3) is 0 Å². The molecule has 3 amide bonds. The summed E-state index contributed by atoms with van der Waals surface area (Å²) in [6.07, 6.45) is 0.234. The van der Waals surface area contributed by atoms with Crippen molar-refractivity contribution in [1.82, 2.24) is 15.5 Å². The Bertz CT molecular complexity index is 959. The topological polar surface area (TPSA) is 90.5 Å². The zero-order chi connectivity index (χ0) is 21.0. The summed E-state index contributed by atoms with van der Waals surface area (Å²) >= 11 is 6.20. The molecule has 0 aliphatic carbocycles. The summed E-state index contributed by atoms with van der Waals surface area (Å²) in [4.78, 5) is 38.3. The van der Waals surface area contributed by atoms with E-state index in [-0.39, 0.29) is 35.7 Å². The first kappa shape index (κ1) is 20.8. The van der Waals surface area contributed by atoms with Crippen LogP contribution in [0.1, 0.15) is 31.8 Å². The van der Waals surface area contributed by atoms with Gasteiger partial charge in [0, 0.05) is 30.9 Å². The normalized spacial score (nSPS) is 12.5. The SMILES string of the molecule is CN(C)CCNC(=O)c1cccc(CNC(=O)c2cc3c(cc2Cl)NC(=O)C3)c1. The standard InChI is InChI=1S/C21H23ClN4O3/c1-26(2)7-6-23-20(28)14-5-3-4-13(8-14)12-24-21(29)16-9-15-10-19(27)25-18(15)11-17(16)22/h3-5,8-9,11H,6-7,10,12H2,1-2H3,(H,23,28)(H,24,29)(H,25,27). The van der Waals surface area contributed by atoms with E-state index in [1.165, 1.54) is 0 Å². The van der Waals surface area contributed by atoms with E-state index in [1.807, 2.05) is 25.1 Å². The zero-order valence-corrected chi connectivity index (χ0v) is 17.1. The van der Waals surface area contributed by atoms with Gasteiger partial charge in [0.15, 0.2) is 0 Å². The number of carbonyl (C=O) groups is 3. The first-order valence-corrected chi connectivity index (χ1v) is 9.63. The second-order valence-corrected chi connectivity index (χ2v) is 7.56. The Kier molecular flexibility index (Phi) is 6.51. The molecule has 2 aromatic carbocycles. The molecule has 0 radical (unpaired) electrons. The summed E-state index contributed by atoms with van der Waals surface area (Å²) in [5.41, 5.74) is 3.05. The van der Waals surface area contributed by atoms with E-state index in [0.29, 0.717) is 23.4 Å². The molecule has 0 bridgehead atoms. The molecule has 152 valence electrons. The van der Waals surface area contributed by atoms with Crippen molar-refractivity contribution in [2.75, 3.05) is 32.5 Å². The van der Waals surface area contributed by atoms with Gasteiger partial charge in [0.1, 0.15) is 0 Å². The van der Waals surface area contributed by atoms with E-state index in [4.69, 9.17) is 11.6 Å². The molecule has 0 unspecified atom stereocenters. The van der Waals surface area contributed by atoms with E-state index in [0.717, 1.165) is 17.7 Å². The second kappa shape index (κ2) is 9.07. The third-order valence-electron chi connectivity index (χ3n) is 4.55. The smallest absolute Gasteiger partial charge is 0.253 e. The molecule has 29 heavy (non-hydrogen) atoms. The number of anilines is 1. The number of likely N-dealkylation sites (N-methyl/N-ethyl adjacent to an activating group) is 1. The molecule has 3 N–H and O–H groups in total. The van der Waals surface area contributed by atoms with Gasteiger partial charge in [-0.15, -0.1) is 0 Å². The quantitative estimate of drug-likeness (QED) is 0.646. The molecule has 0 saturated heterocycles. The number of amides is 3. The number of nitrogens with one attached hydrogen (secondary N) is 3. The van der Waals surface area contributed by atoms with Crippen LogP contribution in [-0.2, 0) is 17.8 Å². The van der Waals surface area contributed by atoms with Crippen LogP contribution in [0.2, 0.25) is 5.02 Å². The second-order valence-electron chi connectivity index (χ2n) is 7.16. The molecule has 0 aromatic heterocycles. The highest BCUT2D eigenvalue weighted by molar-refractivity contribution is 6.34. The molecular weight excluding hydrogens is 392 g/mol. The lowest BCUT2D eigenvalue weighted by atomic mass is 10.1. The fourth-order valence-corrected chi connectivity index (χ4v) is 3.27. The minimum atomic E-state index is -0.335. The van der Waals surface area contributed by atoms with Crippen molar-refractivity contribution in [2.45, 2.75) is 13.0 Å². The molecule has 1 aliphatic rings. The zero-order valence-electron chi connectivity index (χ0n) is 16.3. The molecular formula is C21H23ClN4O3. The van der Waals surface area contributed by atoms with Crippen LogP contribution in [0.4, 0.5) is 5.69 Å². The molecule has 0 spiro atoms. The number of fused-ring (bicyclic) bond motifs is 1. The molecule has 0 atom stereocenters. The van der Waals surface area contributed by atoms with Crippen molar-refractivity contribution in [1.29, 1.82) is 0 Å². The Balaban J connectivity index is 1.62. The van der Waals surface area contributed by atoms with Gasteiger partial charge >= 0.3 is 0 Å². The molecule has 8 heteroatoms. The largest absolute Gasteiger partial charge is 0.351 e. The first-order valence-electron chi connectivity index (χ1n) is 9.26. The predicted octanol–water partition coefficient (Wildman–Crippen LogP) is 2.06. The van der Waals surface area contributed by atoms with Gasteiger partial charge in [0.25, 0.3) is 11.8 Å². The van der Waals surface area contributed by atoms with Crippen LogP contribution in [-0.4, -0.2) is 49.8 Å². The lowest BCUT2D eigenvalue weighted by Gasteiger charge is -2.11. The Morgan fingerprint density at radius 2 is 1.93 bits per heavy atom. The van der Waals surface area contributed by atoms with Gasteiger partial charge in [-0.3, -0.25) is 14.4 Å². The Morgan fingerprint density at radius 1 is 1.14 bits per heavy atom. The minimum absolute atomic E-state index is 0.116. The van der Waals surface area contributed by atoms with Crippen LogP contribution in [0.5, 0.6) is 0 Å². The van der Waals surface area contributed by atoms with Crippen molar-refractivity contribution in [3.8, 4) is 0 Å². The van der Waals surface area contributed by atoms with Crippen molar-refractivity contribution in [2.24, 2.45) is 0 Å². The summed E-state index contributed by atoms with van der Waals surface area (Å²) < 4.78 is 0. The van der Waals surface area contributed by atoms with E-state index in [9.17, 15) is 14.4 Å². The number of benzene rings is 2. The number of rotatable bonds is 7. The average Bonchev–Trinajstić information content (AvgIpc) is 3.04. The van der Waals surface area contributed by atoms with Gasteiger partial charge in [0.05, 0.1) is 17.0 Å². The maximum Gasteiger partial charge on any atom is 0.253 e. The third-order valence-corrected chi connectivity index (χ3v) is 4.86. The number of hydrogen-bond donors (Lipinski definition) is 3. The fourth-order valence-electron chi connectivity index (χ4n) is 3.02. The maximum atomic E-state index is 12.6. The van der Waals surface area contributed by atoms with Crippen LogP contribution >= 0.6 is 11.6 Å². The molecule has 0 fully saturated rings. The van der Waals surface area contributed by atoms with Crippen LogP contribution < -0.4 is 16.0 Å². The summed E-state index contributed by atoms with van der Waals surface area (Å²) in [5, 5.41) is 8.66. The van der Waals surface area contributed by atoms with Gasteiger partial charge in [-0.05, 0) is 49.5 Å². The summed E-state index contributed by atoms with van der Waals surface area (Å²) in [6.45, 7) is 1.56. The van der Waals surface area contributed by atoms with Crippen molar-refractivity contribution < 1.29 is 14.4 Å².